The molecule has 1 unspecified atom stereocenters. The monoisotopic (exact) mass is 405 g/mol. The number of rotatable bonds is 2. The van der Waals surface area contributed by atoms with Gasteiger partial charge in [0, 0.05) is 11.5 Å². The van der Waals surface area contributed by atoms with Gasteiger partial charge in [-0.25, -0.2) is 13.6 Å². The van der Waals surface area contributed by atoms with Crippen LogP contribution in [0.5, 0.6) is 0 Å². The maximum absolute atomic E-state index is 15.0. The predicted molar refractivity (Wildman–Crippen MR) is 101 cm³/mol. The van der Waals surface area contributed by atoms with Crippen LogP contribution in [0.1, 0.15) is 39.7 Å². The highest BCUT2D eigenvalue weighted by molar-refractivity contribution is 6.00. The predicted octanol–water partition coefficient (Wildman–Crippen LogP) is 4.15. The maximum Gasteiger partial charge on any atom is 0.416 e. The molecule has 0 aromatic heterocycles. The van der Waals surface area contributed by atoms with E-state index in [-0.39, 0.29) is 24.4 Å². The molecule has 0 saturated carbocycles. The summed E-state index contributed by atoms with van der Waals surface area (Å²) in [6.07, 6.45) is -1.76. The minimum atomic E-state index is -1.47. The Hall–Kier alpha value is -2.53. The normalized spacial score (nSPS) is 31.9. The lowest BCUT2D eigenvalue weighted by Gasteiger charge is -2.52. The molecule has 1 aromatic carbocycles. The number of ether oxygens (including phenoxy) is 2. The van der Waals surface area contributed by atoms with Crippen LogP contribution < -0.4 is 0 Å². The fourth-order valence-electron chi connectivity index (χ4n) is 4.30. The molecule has 2 fully saturated rings. The minimum absolute atomic E-state index is 0.0601. The first kappa shape index (κ1) is 21.2. The van der Waals surface area contributed by atoms with Crippen molar-refractivity contribution in [2.24, 2.45) is 11.3 Å². The number of hydrogen-bond acceptors (Lipinski definition) is 5. The number of hydrogen-bond donors (Lipinski definition) is 1. The van der Waals surface area contributed by atoms with Crippen molar-refractivity contribution in [3.63, 3.8) is 0 Å². The molecule has 4 atom stereocenters. The van der Waals surface area contributed by atoms with E-state index in [0.717, 1.165) is 4.90 Å². The van der Waals surface area contributed by atoms with Crippen molar-refractivity contribution in [3.05, 3.63) is 35.6 Å². The number of piperidine rings is 1. The van der Waals surface area contributed by atoms with Crippen molar-refractivity contribution in [2.45, 2.75) is 51.4 Å². The summed E-state index contributed by atoms with van der Waals surface area (Å²) in [5, 5.41) is 18.5. The summed E-state index contributed by atoms with van der Waals surface area (Å²) in [4.78, 5) is 14.3. The second kappa shape index (κ2) is 7.06. The van der Waals surface area contributed by atoms with Crippen LogP contribution in [-0.4, -0.2) is 41.8 Å². The van der Waals surface area contributed by atoms with E-state index in [0.29, 0.717) is 0 Å². The molecule has 0 bridgehead atoms. The Kier molecular flexibility index (Phi) is 5.16. The maximum atomic E-state index is 15.0. The molecule has 0 spiro atoms. The molecule has 156 valence electrons. The van der Waals surface area contributed by atoms with Gasteiger partial charge in [-0.2, -0.15) is 5.26 Å². The Bertz CT molecular complexity index is 879. The molecule has 3 rings (SSSR count). The van der Waals surface area contributed by atoms with Crippen LogP contribution in [0.15, 0.2) is 24.3 Å². The highest BCUT2D eigenvalue weighted by Gasteiger charge is 2.65. The molecule has 2 aliphatic rings. The van der Waals surface area contributed by atoms with Gasteiger partial charge in [0.25, 0.3) is 0 Å². The quantitative estimate of drug-likeness (QED) is 0.801. The molecule has 2 heterocycles. The summed E-state index contributed by atoms with van der Waals surface area (Å²) >= 11 is 0. The summed E-state index contributed by atoms with van der Waals surface area (Å²) < 4.78 is 39.9. The van der Waals surface area contributed by atoms with E-state index in [9.17, 15) is 18.8 Å². The third-order valence-electron chi connectivity index (χ3n) is 5.67. The van der Waals surface area contributed by atoms with Crippen LogP contribution in [0.25, 0.3) is 0 Å². The largest absolute Gasteiger partial charge is 0.443 e. The van der Waals surface area contributed by atoms with Gasteiger partial charge in [0.2, 0.25) is 0 Å². The molecular formula is C21H25F2N3O3. The first-order valence-corrected chi connectivity index (χ1v) is 9.46. The summed E-state index contributed by atoms with van der Waals surface area (Å²) in [7, 11) is 0. The summed E-state index contributed by atoms with van der Waals surface area (Å²) in [6, 6.07) is 7.95. The number of fused-ring (bicyclic) bond motifs is 1. The first-order valence-electron chi connectivity index (χ1n) is 9.46. The van der Waals surface area contributed by atoms with Gasteiger partial charge < -0.3 is 9.47 Å². The number of alkyl halides is 1. The zero-order valence-corrected chi connectivity index (χ0v) is 17.0. The van der Waals surface area contributed by atoms with Crippen molar-refractivity contribution < 1.29 is 23.0 Å². The molecule has 0 aliphatic carbocycles. The Morgan fingerprint density at radius 3 is 2.66 bits per heavy atom. The first-order chi connectivity index (χ1) is 13.5. The SMILES string of the molecule is CC(C)(C)OC(=O)N1C(=N)C(C)(C#N)C[C@@H]2[C@@H](CF)OC[C@@]21c1ccccc1F. The van der Waals surface area contributed by atoms with E-state index in [2.05, 4.69) is 6.07 Å². The molecule has 1 N–H and O–H groups in total. The number of nitriles is 1. The lowest BCUT2D eigenvalue weighted by molar-refractivity contribution is -0.00501. The molecule has 8 heteroatoms. The number of benzene rings is 1. The molecule has 2 aliphatic heterocycles. The lowest BCUT2D eigenvalue weighted by Crippen LogP contribution is -2.65. The van der Waals surface area contributed by atoms with Gasteiger partial charge in [-0.1, -0.05) is 18.2 Å². The van der Waals surface area contributed by atoms with Gasteiger partial charge >= 0.3 is 6.09 Å². The lowest BCUT2D eigenvalue weighted by atomic mass is 9.64. The fraction of sp³-hybridized carbons (Fsp3) is 0.571. The minimum Gasteiger partial charge on any atom is -0.443 e. The number of nitrogens with one attached hydrogen (secondary N) is 1. The number of halogens is 2. The fourth-order valence-corrected chi connectivity index (χ4v) is 4.30. The van der Waals surface area contributed by atoms with Crippen molar-refractivity contribution in [3.8, 4) is 6.07 Å². The van der Waals surface area contributed by atoms with Gasteiger partial charge in [0.05, 0.1) is 18.8 Å². The van der Waals surface area contributed by atoms with Crippen LogP contribution in [0.4, 0.5) is 13.6 Å². The second-order valence-corrected chi connectivity index (χ2v) is 8.83. The van der Waals surface area contributed by atoms with Gasteiger partial charge in [0.1, 0.15) is 34.9 Å². The smallest absolute Gasteiger partial charge is 0.416 e. The van der Waals surface area contributed by atoms with Crippen LogP contribution in [0, 0.1) is 33.9 Å². The summed E-state index contributed by atoms with van der Waals surface area (Å²) in [5.41, 5.74) is -3.62. The van der Waals surface area contributed by atoms with Crippen molar-refractivity contribution in [1.82, 2.24) is 4.90 Å². The number of amidine groups is 1. The van der Waals surface area contributed by atoms with E-state index in [1.54, 1.807) is 26.8 Å². The van der Waals surface area contributed by atoms with Gasteiger partial charge in [-0.3, -0.25) is 10.3 Å². The van der Waals surface area contributed by atoms with E-state index in [1.165, 1.54) is 25.1 Å². The summed E-state index contributed by atoms with van der Waals surface area (Å²) in [6.45, 7) is 5.49. The number of likely N-dealkylation sites (tertiary alicyclic amines) is 1. The Labute approximate surface area is 168 Å². The number of carbonyl (C=O) groups excluding carboxylic acids is 1. The Morgan fingerprint density at radius 2 is 2.10 bits per heavy atom. The molecular weight excluding hydrogens is 380 g/mol. The molecule has 1 aromatic rings. The van der Waals surface area contributed by atoms with Crippen molar-refractivity contribution in [1.29, 1.82) is 10.7 Å². The van der Waals surface area contributed by atoms with Crippen molar-refractivity contribution >= 4 is 11.9 Å². The summed E-state index contributed by atoms with van der Waals surface area (Å²) in [5.74, 6) is -1.63. The average molecular weight is 405 g/mol. The zero-order valence-electron chi connectivity index (χ0n) is 17.0. The van der Waals surface area contributed by atoms with Gasteiger partial charge in [-0.05, 0) is 40.2 Å². The van der Waals surface area contributed by atoms with Crippen LogP contribution in [0.2, 0.25) is 0 Å². The molecule has 2 saturated heterocycles. The number of nitrogens with zero attached hydrogens (tertiary/aromatic N) is 2. The van der Waals surface area contributed by atoms with E-state index in [1.807, 2.05) is 0 Å². The molecule has 6 nitrogen and oxygen atoms in total. The standard InChI is InChI=1S/C21H25F2N3O3/c1-19(2,3)29-18(27)26-17(25)20(4,11-24)9-14-16(10-22)28-12-21(14,26)13-7-5-6-8-15(13)23/h5-8,14,16,25H,9-10,12H2,1-4H3/t14-,16-,20?,21-/m1/s1. The van der Waals surface area contributed by atoms with E-state index < -0.39 is 47.2 Å². The zero-order chi connectivity index (χ0) is 21.6. The third kappa shape index (κ3) is 3.27. The second-order valence-electron chi connectivity index (χ2n) is 8.83. The molecule has 29 heavy (non-hydrogen) atoms. The highest BCUT2D eigenvalue weighted by Crippen LogP contribution is 2.55. The number of carbonyl (C=O) groups is 1. The van der Waals surface area contributed by atoms with Gasteiger partial charge in [0.15, 0.2) is 0 Å². The van der Waals surface area contributed by atoms with E-state index in [4.69, 9.17) is 14.9 Å². The van der Waals surface area contributed by atoms with Crippen molar-refractivity contribution in [2.75, 3.05) is 13.3 Å². The highest BCUT2D eigenvalue weighted by atomic mass is 19.1. The van der Waals surface area contributed by atoms with Crippen LogP contribution in [0.3, 0.4) is 0 Å². The Morgan fingerprint density at radius 1 is 1.45 bits per heavy atom. The molecule has 0 radical (unpaired) electrons. The van der Waals surface area contributed by atoms with Crippen LogP contribution in [-0.2, 0) is 15.0 Å². The Balaban J connectivity index is 2.26. The number of amides is 1. The molecule has 1 amide bonds. The topological polar surface area (TPSA) is 86.4 Å². The van der Waals surface area contributed by atoms with E-state index >= 15 is 0 Å². The average Bonchev–Trinajstić information content (AvgIpc) is 2.99. The van der Waals surface area contributed by atoms with Gasteiger partial charge in [-0.15, -0.1) is 0 Å². The third-order valence-corrected chi connectivity index (χ3v) is 5.67. The van der Waals surface area contributed by atoms with Crippen LogP contribution >= 0.6 is 0 Å².